The van der Waals surface area contributed by atoms with Crippen LogP contribution in [-0.2, 0) is 6.42 Å². The molecule has 0 radical (unpaired) electrons. The molecule has 0 spiro atoms. The zero-order valence-electron chi connectivity index (χ0n) is 11.7. The molecule has 104 valence electrons. The van der Waals surface area contributed by atoms with Gasteiger partial charge in [0.2, 0.25) is 0 Å². The first-order valence-electron chi connectivity index (χ1n) is 6.72. The summed E-state index contributed by atoms with van der Waals surface area (Å²) in [6, 6.07) is 14.6. The highest BCUT2D eigenvalue weighted by molar-refractivity contribution is 6.07. The van der Waals surface area contributed by atoms with Crippen molar-refractivity contribution in [3.63, 3.8) is 0 Å². The molecule has 0 saturated heterocycles. The predicted octanol–water partition coefficient (Wildman–Crippen LogP) is 2.77. The molecule has 2 aromatic carbocycles. The van der Waals surface area contributed by atoms with Crippen LogP contribution in [0.2, 0.25) is 0 Å². The van der Waals surface area contributed by atoms with Gasteiger partial charge in [0, 0.05) is 17.8 Å². The Morgan fingerprint density at radius 1 is 1.29 bits per heavy atom. The number of anilines is 1. The third-order valence-corrected chi connectivity index (χ3v) is 3.67. The SMILES string of the molecule is COc1ccc2c(c1)CCN2C(=O)c1cccc(C#N)c1. The fraction of sp³-hybridized carbons (Fsp3) is 0.176. The lowest BCUT2D eigenvalue weighted by atomic mass is 10.1. The van der Waals surface area contributed by atoms with Gasteiger partial charge in [-0.15, -0.1) is 0 Å². The fourth-order valence-electron chi connectivity index (χ4n) is 2.59. The molecule has 2 aromatic rings. The molecule has 1 heterocycles. The Morgan fingerprint density at radius 2 is 2.14 bits per heavy atom. The van der Waals surface area contributed by atoms with E-state index in [-0.39, 0.29) is 5.91 Å². The summed E-state index contributed by atoms with van der Waals surface area (Å²) in [6.45, 7) is 0.651. The van der Waals surface area contributed by atoms with Crippen LogP contribution >= 0.6 is 0 Å². The van der Waals surface area contributed by atoms with Crippen molar-refractivity contribution in [2.24, 2.45) is 0 Å². The second kappa shape index (κ2) is 5.29. The number of carbonyl (C=O) groups excluding carboxylic acids is 1. The summed E-state index contributed by atoms with van der Waals surface area (Å²) < 4.78 is 5.21. The summed E-state index contributed by atoms with van der Waals surface area (Å²) in [7, 11) is 1.63. The van der Waals surface area contributed by atoms with Crippen LogP contribution in [0.5, 0.6) is 5.75 Å². The highest BCUT2D eigenvalue weighted by Gasteiger charge is 2.25. The van der Waals surface area contributed by atoms with E-state index in [4.69, 9.17) is 10.00 Å². The number of hydrogen-bond donors (Lipinski definition) is 0. The van der Waals surface area contributed by atoms with Crippen molar-refractivity contribution in [1.82, 2.24) is 0 Å². The van der Waals surface area contributed by atoms with E-state index in [1.165, 1.54) is 0 Å². The molecule has 0 aliphatic carbocycles. The molecule has 0 N–H and O–H groups in total. The summed E-state index contributed by atoms with van der Waals surface area (Å²) in [5.41, 5.74) is 3.06. The fourth-order valence-corrected chi connectivity index (χ4v) is 2.59. The van der Waals surface area contributed by atoms with Crippen LogP contribution in [0, 0.1) is 11.3 Å². The van der Waals surface area contributed by atoms with E-state index in [0.29, 0.717) is 17.7 Å². The molecule has 0 fully saturated rings. The average Bonchev–Trinajstić information content (AvgIpc) is 2.97. The van der Waals surface area contributed by atoms with Crippen molar-refractivity contribution < 1.29 is 9.53 Å². The Kier molecular flexibility index (Phi) is 3.33. The molecule has 1 aliphatic heterocycles. The van der Waals surface area contributed by atoms with Crippen LogP contribution < -0.4 is 9.64 Å². The number of ether oxygens (including phenoxy) is 1. The maximum absolute atomic E-state index is 12.6. The Hall–Kier alpha value is -2.80. The molecule has 3 rings (SSSR count). The predicted molar refractivity (Wildman–Crippen MR) is 79.5 cm³/mol. The molecule has 1 amide bonds. The summed E-state index contributed by atoms with van der Waals surface area (Å²) in [5, 5.41) is 8.94. The van der Waals surface area contributed by atoms with Gasteiger partial charge in [-0.05, 0) is 48.4 Å². The quantitative estimate of drug-likeness (QED) is 0.848. The molecule has 4 heteroatoms. The number of nitrogens with zero attached hydrogens (tertiary/aromatic N) is 2. The average molecular weight is 278 g/mol. The highest BCUT2D eigenvalue weighted by atomic mass is 16.5. The van der Waals surface area contributed by atoms with Crippen LogP contribution in [0.4, 0.5) is 5.69 Å². The number of rotatable bonds is 2. The van der Waals surface area contributed by atoms with Gasteiger partial charge in [-0.3, -0.25) is 4.79 Å². The second-order valence-corrected chi connectivity index (χ2v) is 4.89. The Bertz CT molecular complexity index is 747. The van der Waals surface area contributed by atoms with Crippen molar-refractivity contribution in [1.29, 1.82) is 5.26 Å². The highest BCUT2D eigenvalue weighted by Crippen LogP contribution is 2.32. The van der Waals surface area contributed by atoms with Crippen molar-refractivity contribution in [2.75, 3.05) is 18.6 Å². The maximum Gasteiger partial charge on any atom is 0.258 e. The van der Waals surface area contributed by atoms with E-state index in [1.807, 2.05) is 18.2 Å². The minimum Gasteiger partial charge on any atom is -0.497 e. The van der Waals surface area contributed by atoms with Gasteiger partial charge in [-0.1, -0.05) is 6.07 Å². The minimum absolute atomic E-state index is 0.0731. The molecule has 21 heavy (non-hydrogen) atoms. The standard InChI is InChI=1S/C17H14N2O2/c1-21-15-5-6-16-13(10-15)7-8-19(16)17(20)14-4-2-3-12(9-14)11-18/h2-6,9-10H,7-8H2,1H3. The lowest BCUT2D eigenvalue weighted by Crippen LogP contribution is -2.28. The lowest BCUT2D eigenvalue weighted by molar-refractivity contribution is 0.0989. The van der Waals surface area contributed by atoms with Crippen LogP contribution in [0.25, 0.3) is 0 Å². The summed E-state index contributed by atoms with van der Waals surface area (Å²) >= 11 is 0. The largest absolute Gasteiger partial charge is 0.497 e. The molecular formula is C17H14N2O2. The Balaban J connectivity index is 1.93. The van der Waals surface area contributed by atoms with E-state index < -0.39 is 0 Å². The van der Waals surface area contributed by atoms with Crippen molar-refractivity contribution in [3.8, 4) is 11.8 Å². The van der Waals surface area contributed by atoms with Gasteiger partial charge < -0.3 is 9.64 Å². The number of amides is 1. The first-order chi connectivity index (χ1) is 10.2. The third kappa shape index (κ3) is 2.34. The van der Waals surface area contributed by atoms with Gasteiger partial charge in [-0.25, -0.2) is 0 Å². The third-order valence-electron chi connectivity index (χ3n) is 3.67. The van der Waals surface area contributed by atoms with E-state index in [9.17, 15) is 4.79 Å². The van der Waals surface area contributed by atoms with Gasteiger partial charge in [-0.2, -0.15) is 5.26 Å². The first-order valence-corrected chi connectivity index (χ1v) is 6.72. The van der Waals surface area contributed by atoms with Crippen molar-refractivity contribution in [3.05, 3.63) is 59.2 Å². The molecular weight excluding hydrogens is 264 g/mol. The topological polar surface area (TPSA) is 53.3 Å². The zero-order valence-corrected chi connectivity index (χ0v) is 11.7. The Morgan fingerprint density at radius 3 is 2.90 bits per heavy atom. The summed E-state index contributed by atoms with van der Waals surface area (Å²) in [4.78, 5) is 14.4. The normalized spacial score (nSPS) is 12.7. The number of benzene rings is 2. The molecule has 0 aromatic heterocycles. The minimum atomic E-state index is -0.0731. The second-order valence-electron chi connectivity index (χ2n) is 4.89. The van der Waals surface area contributed by atoms with Crippen LogP contribution in [-0.4, -0.2) is 19.6 Å². The first kappa shape index (κ1) is 13.2. The summed E-state index contributed by atoms with van der Waals surface area (Å²) in [5.74, 6) is 0.727. The van der Waals surface area contributed by atoms with Crippen LogP contribution in [0.15, 0.2) is 42.5 Å². The van der Waals surface area contributed by atoms with Crippen molar-refractivity contribution >= 4 is 11.6 Å². The summed E-state index contributed by atoms with van der Waals surface area (Å²) in [6.07, 6.45) is 0.816. The number of carbonyl (C=O) groups is 1. The van der Waals surface area contributed by atoms with E-state index in [1.54, 1.807) is 36.3 Å². The van der Waals surface area contributed by atoms with Gasteiger partial charge in [0.1, 0.15) is 5.75 Å². The van der Waals surface area contributed by atoms with Crippen LogP contribution in [0.1, 0.15) is 21.5 Å². The van der Waals surface area contributed by atoms with Gasteiger partial charge in [0.25, 0.3) is 5.91 Å². The monoisotopic (exact) mass is 278 g/mol. The van der Waals surface area contributed by atoms with Gasteiger partial charge in [0.05, 0.1) is 18.7 Å². The molecule has 0 atom stereocenters. The molecule has 0 bridgehead atoms. The molecule has 0 saturated carbocycles. The number of fused-ring (bicyclic) bond motifs is 1. The number of nitriles is 1. The number of hydrogen-bond acceptors (Lipinski definition) is 3. The molecule has 4 nitrogen and oxygen atoms in total. The van der Waals surface area contributed by atoms with Crippen LogP contribution in [0.3, 0.4) is 0 Å². The maximum atomic E-state index is 12.6. The zero-order chi connectivity index (χ0) is 14.8. The van der Waals surface area contributed by atoms with Gasteiger partial charge in [0.15, 0.2) is 0 Å². The Labute approximate surface area is 123 Å². The lowest BCUT2D eigenvalue weighted by Gasteiger charge is -2.17. The smallest absolute Gasteiger partial charge is 0.258 e. The van der Waals surface area contributed by atoms with E-state index >= 15 is 0 Å². The van der Waals surface area contributed by atoms with Crippen molar-refractivity contribution in [2.45, 2.75) is 6.42 Å². The molecule has 1 aliphatic rings. The van der Waals surface area contributed by atoms with Gasteiger partial charge >= 0.3 is 0 Å². The van der Waals surface area contributed by atoms with E-state index in [0.717, 1.165) is 23.4 Å². The number of methoxy groups -OCH3 is 1. The van der Waals surface area contributed by atoms with E-state index in [2.05, 4.69) is 6.07 Å². The molecule has 0 unspecified atom stereocenters.